The summed E-state index contributed by atoms with van der Waals surface area (Å²) in [5, 5.41) is 13.3. The van der Waals surface area contributed by atoms with Crippen molar-refractivity contribution in [3.8, 4) is 5.75 Å². The molecule has 0 saturated heterocycles. The molecule has 0 saturated carbocycles. The van der Waals surface area contributed by atoms with Gasteiger partial charge in [-0.25, -0.2) is 4.98 Å². The summed E-state index contributed by atoms with van der Waals surface area (Å²) in [5.74, 6) is 0.790. The van der Waals surface area contributed by atoms with Crippen molar-refractivity contribution in [2.45, 2.75) is 6.04 Å². The molecule has 2 N–H and O–H groups in total. The van der Waals surface area contributed by atoms with E-state index in [1.807, 2.05) is 24.3 Å². The first-order valence-corrected chi connectivity index (χ1v) is 6.55. The number of hydrogen-bond donors (Lipinski definition) is 2. The van der Waals surface area contributed by atoms with Crippen LogP contribution in [0.3, 0.4) is 0 Å². The van der Waals surface area contributed by atoms with Crippen LogP contribution in [0.1, 0.15) is 11.0 Å². The van der Waals surface area contributed by atoms with E-state index in [1.165, 1.54) is 11.3 Å². The predicted molar refractivity (Wildman–Crippen MR) is 73.6 cm³/mol. The lowest BCUT2D eigenvalue weighted by atomic mass is 10.2. The highest BCUT2D eigenvalue weighted by molar-refractivity contribution is 7.15. The maximum atomic E-state index is 9.39. The molecule has 0 aliphatic carbocycles. The SMILES string of the molecule is COc1ccc(NC(CO)c2ncc(Cl)s2)cc1. The van der Waals surface area contributed by atoms with Gasteiger partial charge in [0.05, 0.1) is 19.9 Å². The minimum atomic E-state index is -0.254. The molecule has 1 aromatic heterocycles. The molecule has 1 heterocycles. The first-order chi connectivity index (χ1) is 8.72. The Morgan fingerprint density at radius 2 is 2.17 bits per heavy atom. The van der Waals surface area contributed by atoms with Crippen LogP contribution in [0.25, 0.3) is 0 Å². The van der Waals surface area contributed by atoms with E-state index in [9.17, 15) is 5.11 Å². The molecular weight excluding hydrogens is 272 g/mol. The number of nitrogens with one attached hydrogen (secondary N) is 1. The molecular formula is C12H13ClN2O2S. The maximum absolute atomic E-state index is 9.39. The van der Waals surface area contributed by atoms with Crippen LogP contribution in [-0.2, 0) is 0 Å². The number of aromatic nitrogens is 1. The minimum Gasteiger partial charge on any atom is -0.497 e. The van der Waals surface area contributed by atoms with E-state index in [2.05, 4.69) is 10.3 Å². The lowest BCUT2D eigenvalue weighted by molar-refractivity contribution is 0.276. The van der Waals surface area contributed by atoms with Crippen molar-refractivity contribution in [1.82, 2.24) is 4.98 Å². The predicted octanol–water partition coefficient (Wildman–Crippen LogP) is 2.95. The number of methoxy groups -OCH3 is 1. The van der Waals surface area contributed by atoms with Gasteiger partial charge < -0.3 is 15.2 Å². The lowest BCUT2D eigenvalue weighted by Gasteiger charge is -2.15. The van der Waals surface area contributed by atoms with Crippen molar-refractivity contribution in [2.24, 2.45) is 0 Å². The molecule has 4 nitrogen and oxygen atoms in total. The van der Waals surface area contributed by atoms with Crippen LogP contribution >= 0.6 is 22.9 Å². The van der Waals surface area contributed by atoms with Crippen molar-refractivity contribution in [3.63, 3.8) is 0 Å². The second-order valence-electron chi connectivity index (χ2n) is 3.61. The van der Waals surface area contributed by atoms with Crippen molar-refractivity contribution in [2.75, 3.05) is 19.0 Å². The van der Waals surface area contributed by atoms with Crippen molar-refractivity contribution in [3.05, 3.63) is 39.8 Å². The molecule has 0 bridgehead atoms. The van der Waals surface area contributed by atoms with Gasteiger partial charge in [-0.15, -0.1) is 11.3 Å². The largest absolute Gasteiger partial charge is 0.497 e. The Hall–Kier alpha value is -1.30. The van der Waals surface area contributed by atoms with Crippen LogP contribution in [-0.4, -0.2) is 23.8 Å². The number of thiazole rings is 1. The van der Waals surface area contributed by atoms with Gasteiger partial charge in [0.15, 0.2) is 0 Å². The fourth-order valence-electron chi connectivity index (χ4n) is 1.50. The van der Waals surface area contributed by atoms with Crippen molar-refractivity contribution < 1.29 is 9.84 Å². The molecule has 18 heavy (non-hydrogen) atoms. The Balaban J connectivity index is 2.10. The minimum absolute atomic E-state index is 0.0458. The summed E-state index contributed by atoms with van der Waals surface area (Å²) in [7, 11) is 1.62. The molecule has 96 valence electrons. The second-order valence-corrected chi connectivity index (χ2v) is 5.30. The van der Waals surface area contributed by atoms with Gasteiger partial charge in [-0.3, -0.25) is 0 Å². The fourth-order valence-corrected chi connectivity index (χ4v) is 2.47. The first-order valence-electron chi connectivity index (χ1n) is 5.35. The smallest absolute Gasteiger partial charge is 0.119 e. The van der Waals surface area contributed by atoms with Crippen LogP contribution in [0.5, 0.6) is 5.75 Å². The van der Waals surface area contributed by atoms with Crippen molar-refractivity contribution in [1.29, 1.82) is 0 Å². The number of benzene rings is 1. The van der Waals surface area contributed by atoms with E-state index in [1.54, 1.807) is 13.3 Å². The Kier molecular flexibility index (Phi) is 4.41. The Bertz CT molecular complexity index is 501. The van der Waals surface area contributed by atoms with E-state index in [-0.39, 0.29) is 12.6 Å². The zero-order chi connectivity index (χ0) is 13.0. The lowest BCUT2D eigenvalue weighted by Crippen LogP contribution is -2.14. The molecule has 0 spiro atoms. The number of hydrogen-bond acceptors (Lipinski definition) is 5. The molecule has 6 heteroatoms. The van der Waals surface area contributed by atoms with Crippen LogP contribution in [0.2, 0.25) is 4.34 Å². The first kappa shape index (κ1) is 13.1. The van der Waals surface area contributed by atoms with E-state index in [4.69, 9.17) is 16.3 Å². The average Bonchev–Trinajstić information content (AvgIpc) is 2.83. The summed E-state index contributed by atoms with van der Waals surface area (Å²) in [5.41, 5.74) is 0.890. The van der Waals surface area contributed by atoms with Gasteiger partial charge in [0.25, 0.3) is 0 Å². The monoisotopic (exact) mass is 284 g/mol. The van der Waals surface area contributed by atoms with Crippen LogP contribution in [0.4, 0.5) is 5.69 Å². The summed E-state index contributed by atoms with van der Waals surface area (Å²) in [4.78, 5) is 4.16. The highest BCUT2D eigenvalue weighted by atomic mass is 35.5. The molecule has 1 unspecified atom stereocenters. The second kappa shape index (κ2) is 6.04. The Morgan fingerprint density at radius 1 is 1.44 bits per heavy atom. The zero-order valence-electron chi connectivity index (χ0n) is 9.76. The third-order valence-electron chi connectivity index (χ3n) is 2.41. The molecule has 2 rings (SSSR count). The number of rotatable bonds is 5. The van der Waals surface area contributed by atoms with Gasteiger partial charge in [-0.05, 0) is 24.3 Å². The Labute approximate surface area is 114 Å². The quantitative estimate of drug-likeness (QED) is 0.886. The van der Waals surface area contributed by atoms with Crippen LogP contribution in [0.15, 0.2) is 30.5 Å². The van der Waals surface area contributed by atoms with Gasteiger partial charge in [-0.1, -0.05) is 11.6 Å². The number of ether oxygens (including phenoxy) is 1. The third-order valence-corrected chi connectivity index (χ3v) is 3.64. The zero-order valence-corrected chi connectivity index (χ0v) is 11.3. The molecule has 0 fully saturated rings. The molecule has 1 aromatic carbocycles. The van der Waals surface area contributed by atoms with Gasteiger partial charge in [0, 0.05) is 5.69 Å². The average molecular weight is 285 g/mol. The number of nitrogens with zero attached hydrogens (tertiary/aromatic N) is 1. The standard InChI is InChI=1S/C12H13ClN2O2S/c1-17-9-4-2-8(3-5-9)15-10(7-16)12-14-6-11(13)18-12/h2-6,10,15-16H,7H2,1H3. The van der Waals surface area contributed by atoms with E-state index in [0.29, 0.717) is 4.34 Å². The summed E-state index contributed by atoms with van der Waals surface area (Å²) >= 11 is 7.19. The van der Waals surface area contributed by atoms with Crippen LogP contribution in [0, 0.1) is 0 Å². The molecule has 2 aromatic rings. The number of halogens is 1. The molecule has 0 aliphatic heterocycles. The van der Waals surface area contributed by atoms with E-state index in [0.717, 1.165) is 16.4 Å². The van der Waals surface area contributed by atoms with Crippen LogP contribution < -0.4 is 10.1 Å². The highest BCUT2D eigenvalue weighted by Gasteiger charge is 2.14. The number of anilines is 1. The Morgan fingerprint density at radius 3 is 2.67 bits per heavy atom. The van der Waals surface area contributed by atoms with E-state index < -0.39 is 0 Å². The normalized spacial score (nSPS) is 12.2. The molecule has 0 aliphatic rings. The summed E-state index contributed by atoms with van der Waals surface area (Å²) in [6, 6.07) is 7.22. The topological polar surface area (TPSA) is 54.4 Å². The summed E-state index contributed by atoms with van der Waals surface area (Å²) in [6.07, 6.45) is 1.58. The highest BCUT2D eigenvalue weighted by Crippen LogP contribution is 2.27. The molecule has 1 atom stereocenters. The van der Waals surface area contributed by atoms with Crippen molar-refractivity contribution >= 4 is 28.6 Å². The van der Waals surface area contributed by atoms with Gasteiger partial charge in [0.2, 0.25) is 0 Å². The fraction of sp³-hybridized carbons (Fsp3) is 0.250. The maximum Gasteiger partial charge on any atom is 0.119 e. The van der Waals surface area contributed by atoms with Gasteiger partial charge >= 0.3 is 0 Å². The van der Waals surface area contributed by atoms with E-state index >= 15 is 0 Å². The summed E-state index contributed by atoms with van der Waals surface area (Å²) in [6.45, 7) is -0.0458. The third kappa shape index (κ3) is 3.13. The van der Waals surface area contributed by atoms with Gasteiger partial charge in [0.1, 0.15) is 21.1 Å². The number of aliphatic hydroxyl groups excluding tert-OH is 1. The number of aliphatic hydroxyl groups is 1. The van der Waals surface area contributed by atoms with Gasteiger partial charge in [-0.2, -0.15) is 0 Å². The molecule has 0 amide bonds. The molecule has 0 radical (unpaired) electrons. The summed E-state index contributed by atoms with van der Waals surface area (Å²) < 4.78 is 5.69.